The molecule has 2 heteroatoms. The van der Waals surface area contributed by atoms with Crippen LogP contribution in [-0.4, -0.2) is 6.69 Å². The lowest BCUT2D eigenvalue weighted by Gasteiger charge is -2.29. The number of hydrogen-bond acceptors (Lipinski definition) is 0. The third-order valence-electron chi connectivity index (χ3n) is 2.94. The first-order valence-corrected chi connectivity index (χ1v) is 9.73. The van der Waals surface area contributed by atoms with E-state index < -0.39 is 6.69 Å². The number of halogens is 1. The van der Waals surface area contributed by atoms with E-state index in [4.69, 9.17) is 0 Å². The molecule has 1 aliphatic heterocycles. The fourth-order valence-electron chi connectivity index (χ4n) is 2.14. The normalized spacial score (nSPS) is 21.3. The molecule has 13 heavy (non-hydrogen) atoms. The predicted molar refractivity (Wildman–Crippen MR) is 64.2 cm³/mol. The molecule has 1 aromatic carbocycles. The van der Waals surface area contributed by atoms with Crippen molar-refractivity contribution in [1.82, 2.24) is 0 Å². The summed E-state index contributed by atoms with van der Waals surface area (Å²) < 4.78 is 0. The molecule has 70 valence electrons. The Bertz CT molecular complexity index is 265. The molecule has 1 heterocycles. The molecule has 0 aromatic heterocycles. The van der Waals surface area contributed by atoms with Gasteiger partial charge in [0.05, 0.1) is 0 Å². The molecular formula is C11H15BrSi. The summed E-state index contributed by atoms with van der Waals surface area (Å²) in [6, 6.07) is 13.9. The second-order valence-electron chi connectivity index (χ2n) is 3.89. The maximum Gasteiger partial charge on any atom is 0.160 e. The zero-order chi connectivity index (χ0) is 9.15. The van der Waals surface area contributed by atoms with Gasteiger partial charge in [-0.25, -0.2) is 0 Å². The van der Waals surface area contributed by atoms with Crippen molar-refractivity contribution in [2.75, 3.05) is 0 Å². The Kier molecular flexibility index (Phi) is 2.89. The summed E-state index contributed by atoms with van der Waals surface area (Å²) >= 11 is 4.04. The minimum Gasteiger partial charge on any atom is -0.120 e. The van der Waals surface area contributed by atoms with E-state index in [9.17, 15) is 0 Å². The predicted octanol–water partition coefficient (Wildman–Crippen LogP) is 3.42. The van der Waals surface area contributed by atoms with E-state index in [1.807, 2.05) is 0 Å². The van der Waals surface area contributed by atoms with Crippen molar-refractivity contribution in [3.05, 3.63) is 30.3 Å². The fourth-order valence-corrected chi connectivity index (χ4v) is 7.85. The first kappa shape index (κ1) is 9.47. The van der Waals surface area contributed by atoms with Gasteiger partial charge in [0.2, 0.25) is 0 Å². The zero-order valence-corrected chi connectivity index (χ0v) is 10.4. The van der Waals surface area contributed by atoms with Crippen LogP contribution in [0.15, 0.2) is 30.3 Å². The minimum absolute atomic E-state index is 1.20. The van der Waals surface area contributed by atoms with Gasteiger partial charge in [-0.3, -0.25) is 0 Å². The average molecular weight is 255 g/mol. The topological polar surface area (TPSA) is 0 Å². The van der Waals surface area contributed by atoms with Gasteiger partial charge in [-0.15, -0.1) is 15.3 Å². The summed E-state index contributed by atoms with van der Waals surface area (Å²) in [6.45, 7) is -1.20. The molecule has 0 aliphatic carbocycles. The summed E-state index contributed by atoms with van der Waals surface area (Å²) in [5, 5.41) is 1.59. The Morgan fingerprint density at radius 2 is 1.54 bits per heavy atom. The van der Waals surface area contributed by atoms with Crippen LogP contribution >= 0.6 is 15.3 Å². The standard InChI is InChI=1S/C11H15BrSi/c12-13(9-5-2-6-10-13)11-7-3-1-4-8-11/h1,3-4,7-8H,2,5-6,9-10H2. The molecule has 1 aromatic rings. The van der Waals surface area contributed by atoms with Crippen molar-refractivity contribution in [1.29, 1.82) is 0 Å². The van der Waals surface area contributed by atoms with Crippen LogP contribution in [0, 0.1) is 0 Å². The highest BCUT2D eigenvalue weighted by molar-refractivity contribution is 9.26. The summed E-state index contributed by atoms with van der Waals surface area (Å²) in [5.41, 5.74) is 0. The van der Waals surface area contributed by atoms with E-state index in [0.717, 1.165) is 0 Å². The van der Waals surface area contributed by atoms with Crippen molar-refractivity contribution in [3.8, 4) is 0 Å². The molecule has 0 radical (unpaired) electrons. The van der Waals surface area contributed by atoms with Gasteiger partial charge in [-0.05, 0) is 17.3 Å². The molecule has 1 saturated heterocycles. The fraction of sp³-hybridized carbons (Fsp3) is 0.455. The smallest absolute Gasteiger partial charge is 0.120 e. The van der Waals surface area contributed by atoms with Crippen LogP contribution in [0.4, 0.5) is 0 Å². The molecule has 0 N–H and O–H groups in total. The Morgan fingerprint density at radius 3 is 2.15 bits per heavy atom. The lowest BCUT2D eigenvalue weighted by atomic mass is 10.3. The van der Waals surface area contributed by atoms with Crippen LogP contribution in [0.25, 0.3) is 0 Å². The number of hydrogen-bond donors (Lipinski definition) is 0. The Balaban J connectivity index is 2.23. The molecule has 0 saturated carbocycles. The van der Waals surface area contributed by atoms with Crippen LogP contribution in [-0.2, 0) is 0 Å². The SMILES string of the molecule is Br[Si]1(c2ccccc2)CCCCC1. The van der Waals surface area contributed by atoms with Crippen molar-refractivity contribution >= 4 is 27.2 Å². The van der Waals surface area contributed by atoms with E-state index in [0.29, 0.717) is 0 Å². The molecule has 1 fully saturated rings. The van der Waals surface area contributed by atoms with Crippen LogP contribution in [0.3, 0.4) is 0 Å². The van der Waals surface area contributed by atoms with Gasteiger partial charge in [-0.2, -0.15) is 0 Å². The molecule has 0 atom stereocenters. The van der Waals surface area contributed by atoms with Gasteiger partial charge in [0, 0.05) is 0 Å². The number of rotatable bonds is 1. The van der Waals surface area contributed by atoms with Gasteiger partial charge in [0.1, 0.15) is 0 Å². The van der Waals surface area contributed by atoms with Gasteiger partial charge in [0.15, 0.2) is 6.69 Å². The highest BCUT2D eigenvalue weighted by atomic mass is 79.9. The first-order valence-electron chi connectivity index (χ1n) is 5.06. The first-order chi connectivity index (χ1) is 6.31. The van der Waals surface area contributed by atoms with Crippen LogP contribution < -0.4 is 5.19 Å². The maximum atomic E-state index is 4.04. The van der Waals surface area contributed by atoms with Crippen LogP contribution in [0.2, 0.25) is 12.1 Å². The second-order valence-corrected chi connectivity index (χ2v) is 12.0. The van der Waals surface area contributed by atoms with Crippen molar-refractivity contribution in [2.45, 2.75) is 31.4 Å². The number of benzene rings is 1. The highest BCUT2D eigenvalue weighted by Gasteiger charge is 2.33. The van der Waals surface area contributed by atoms with Crippen molar-refractivity contribution in [2.24, 2.45) is 0 Å². The molecule has 0 unspecified atom stereocenters. The van der Waals surface area contributed by atoms with E-state index >= 15 is 0 Å². The lowest BCUT2D eigenvalue weighted by molar-refractivity contribution is 0.725. The monoisotopic (exact) mass is 254 g/mol. The van der Waals surface area contributed by atoms with Gasteiger partial charge in [0.25, 0.3) is 0 Å². The van der Waals surface area contributed by atoms with Crippen molar-refractivity contribution in [3.63, 3.8) is 0 Å². The molecule has 0 amide bonds. The minimum atomic E-state index is -1.20. The third-order valence-corrected chi connectivity index (χ3v) is 10.3. The van der Waals surface area contributed by atoms with Gasteiger partial charge < -0.3 is 0 Å². The Hall–Kier alpha value is -0.0831. The van der Waals surface area contributed by atoms with E-state index in [1.165, 1.54) is 31.4 Å². The van der Waals surface area contributed by atoms with E-state index in [-0.39, 0.29) is 0 Å². The van der Waals surface area contributed by atoms with Crippen LogP contribution in [0.1, 0.15) is 19.3 Å². The molecule has 0 nitrogen and oxygen atoms in total. The van der Waals surface area contributed by atoms with E-state index in [1.54, 1.807) is 5.19 Å². The molecule has 2 rings (SSSR count). The molecule has 1 aliphatic rings. The lowest BCUT2D eigenvalue weighted by Crippen LogP contribution is -2.42. The van der Waals surface area contributed by atoms with Crippen LogP contribution in [0.5, 0.6) is 0 Å². The maximum absolute atomic E-state index is 4.04. The van der Waals surface area contributed by atoms with E-state index in [2.05, 4.69) is 45.6 Å². The Morgan fingerprint density at radius 1 is 0.923 bits per heavy atom. The highest BCUT2D eigenvalue weighted by Crippen LogP contribution is 2.32. The zero-order valence-electron chi connectivity index (χ0n) is 7.80. The quantitative estimate of drug-likeness (QED) is 0.533. The van der Waals surface area contributed by atoms with Gasteiger partial charge >= 0.3 is 0 Å². The second kappa shape index (κ2) is 3.97. The summed E-state index contributed by atoms with van der Waals surface area (Å²) in [5.74, 6) is 0. The molecule has 0 bridgehead atoms. The summed E-state index contributed by atoms with van der Waals surface area (Å²) in [4.78, 5) is 0. The summed E-state index contributed by atoms with van der Waals surface area (Å²) in [7, 11) is 0. The third kappa shape index (κ3) is 2.05. The molecule has 0 spiro atoms. The largest absolute Gasteiger partial charge is 0.160 e. The van der Waals surface area contributed by atoms with Crippen molar-refractivity contribution < 1.29 is 0 Å². The summed E-state index contributed by atoms with van der Waals surface area (Å²) in [6.07, 6.45) is 4.28. The van der Waals surface area contributed by atoms with Gasteiger partial charge in [-0.1, -0.05) is 49.6 Å². The Labute approximate surface area is 88.9 Å². The molecular weight excluding hydrogens is 240 g/mol. The average Bonchev–Trinajstić information content (AvgIpc) is 2.20.